The number of rotatable bonds is 5. The highest BCUT2D eigenvalue weighted by molar-refractivity contribution is 6.03. The van der Waals surface area contributed by atoms with E-state index in [0.717, 1.165) is 18.2 Å². The Morgan fingerprint density at radius 3 is 2.43 bits per heavy atom. The molecule has 0 aromatic heterocycles. The number of carboxylic acids is 1. The second kappa shape index (κ2) is 8.83. The molecule has 1 atom stereocenters. The summed E-state index contributed by atoms with van der Waals surface area (Å²) in [6, 6.07) is 6.79. The summed E-state index contributed by atoms with van der Waals surface area (Å²) in [5.74, 6) is -4.77. The first kappa shape index (κ1) is 24.4. The normalized spacial score (nSPS) is 18.9. The average Bonchev–Trinajstić information content (AvgIpc) is 3.25. The zero-order valence-electron chi connectivity index (χ0n) is 18.5. The molecule has 1 spiro atoms. The maximum absolute atomic E-state index is 14.2. The molecule has 2 amide bonds. The molecule has 1 saturated carbocycles. The lowest BCUT2D eigenvalue weighted by Gasteiger charge is -2.49. The van der Waals surface area contributed by atoms with Crippen LogP contribution in [0.25, 0.3) is 0 Å². The third-order valence-corrected chi connectivity index (χ3v) is 6.76. The Balaban J connectivity index is 1.80. The zero-order chi connectivity index (χ0) is 25.5. The van der Waals surface area contributed by atoms with Crippen LogP contribution in [0.5, 0.6) is 0 Å². The number of fused-ring (bicyclic) bond motifs is 1. The van der Waals surface area contributed by atoms with E-state index >= 15 is 0 Å². The Morgan fingerprint density at radius 1 is 1.17 bits per heavy atom. The molecule has 2 N–H and O–H groups in total. The van der Waals surface area contributed by atoms with Crippen molar-refractivity contribution in [3.05, 3.63) is 77.1 Å². The van der Waals surface area contributed by atoms with Crippen molar-refractivity contribution < 1.29 is 37.1 Å². The van der Waals surface area contributed by atoms with Crippen molar-refractivity contribution >= 4 is 23.5 Å². The molecule has 35 heavy (non-hydrogen) atoms. The number of anilines is 1. The molecule has 2 aliphatic rings. The maximum atomic E-state index is 14.2. The number of carbonyl (C=O) groups excluding carboxylic acids is 2. The van der Waals surface area contributed by atoms with E-state index in [0.29, 0.717) is 37.4 Å². The SMILES string of the molecule is C=CC(=O)Nc1ccc2c(c1)C(C(=O)O)C1(CCCC1)N(Cc1ccc(C(F)(F)F)c(F)c1)C2=O. The van der Waals surface area contributed by atoms with Gasteiger partial charge in [-0.2, -0.15) is 13.2 Å². The minimum Gasteiger partial charge on any atom is -0.481 e. The highest BCUT2D eigenvalue weighted by atomic mass is 19.4. The minimum absolute atomic E-state index is 0.110. The molecule has 0 bridgehead atoms. The number of nitrogens with one attached hydrogen (secondary N) is 1. The van der Waals surface area contributed by atoms with E-state index in [9.17, 15) is 37.1 Å². The van der Waals surface area contributed by atoms with Gasteiger partial charge in [-0.3, -0.25) is 14.4 Å². The summed E-state index contributed by atoms with van der Waals surface area (Å²) < 4.78 is 53.2. The first-order valence-electron chi connectivity index (χ1n) is 11.0. The first-order chi connectivity index (χ1) is 16.5. The number of aliphatic carboxylic acids is 1. The molecule has 10 heteroatoms. The van der Waals surface area contributed by atoms with Gasteiger partial charge in [0.25, 0.3) is 5.91 Å². The zero-order valence-corrected chi connectivity index (χ0v) is 18.5. The monoisotopic (exact) mass is 490 g/mol. The van der Waals surface area contributed by atoms with E-state index in [-0.39, 0.29) is 23.2 Å². The number of nitrogens with zero attached hydrogens (tertiary/aromatic N) is 1. The fourth-order valence-electron chi connectivity index (χ4n) is 5.27. The van der Waals surface area contributed by atoms with E-state index in [4.69, 9.17) is 0 Å². The van der Waals surface area contributed by atoms with Gasteiger partial charge >= 0.3 is 12.1 Å². The van der Waals surface area contributed by atoms with Gasteiger partial charge in [0, 0.05) is 17.8 Å². The number of carbonyl (C=O) groups is 3. The number of hydrogen-bond donors (Lipinski definition) is 2. The molecule has 6 nitrogen and oxygen atoms in total. The molecule has 1 heterocycles. The van der Waals surface area contributed by atoms with E-state index in [1.54, 1.807) is 0 Å². The molecular formula is C25H22F4N2O4. The number of carboxylic acid groups (broad SMARTS) is 1. The predicted molar refractivity (Wildman–Crippen MR) is 118 cm³/mol. The van der Waals surface area contributed by atoms with Gasteiger partial charge in [-0.25, -0.2) is 4.39 Å². The smallest absolute Gasteiger partial charge is 0.419 e. The Labute approximate surface area is 198 Å². The van der Waals surface area contributed by atoms with Crippen LogP contribution in [0.4, 0.5) is 23.2 Å². The summed E-state index contributed by atoms with van der Waals surface area (Å²) in [5, 5.41) is 12.8. The topological polar surface area (TPSA) is 86.7 Å². The number of hydrogen-bond acceptors (Lipinski definition) is 3. The molecule has 0 saturated heterocycles. The van der Waals surface area contributed by atoms with Crippen molar-refractivity contribution in [3.8, 4) is 0 Å². The van der Waals surface area contributed by atoms with Gasteiger partial charge in [-0.05, 0) is 60.4 Å². The third kappa shape index (κ3) is 4.28. The Hall–Kier alpha value is -3.69. The van der Waals surface area contributed by atoms with Crippen LogP contribution in [0.2, 0.25) is 0 Å². The summed E-state index contributed by atoms with van der Waals surface area (Å²) in [7, 11) is 0. The molecule has 4 rings (SSSR count). The van der Waals surface area contributed by atoms with Crippen molar-refractivity contribution in [2.45, 2.75) is 49.9 Å². The van der Waals surface area contributed by atoms with E-state index in [1.807, 2.05) is 0 Å². The average molecular weight is 490 g/mol. The fraction of sp³-hybridized carbons (Fsp3) is 0.320. The van der Waals surface area contributed by atoms with Crippen LogP contribution >= 0.6 is 0 Å². The van der Waals surface area contributed by atoms with Crippen molar-refractivity contribution in [3.63, 3.8) is 0 Å². The molecular weight excluding hydrogens is 468 g/mol. The van der Waals surface area contributed by atoms with Gasteiger partial charge < -0.3 is 15.3 Å². The second-order valence-corrected chi connectivity index (χ2v) is 8.78. The predicted octanol–water partition coefficient (Wildman–Crippen LogP) is 5.11. The summed E-state index contributed by atoms with van der Waals surface area (Å²) in [6.07, 6.45) is -1.78. The van der Waals surface area contributed by atoms with Crippen LogP contribution in [0.15, 0.2) is 49.1 Å². The molecule has 0 radical (unpaired) electrons. The van der Waals surface area contributed by atoms with Crippen molar-refractivity contribution in [2.75, 3.05) is 5.32 Å². The van der Waals surface area contributed by atoms with Crippen LogP contribution in [0.1, 0.15) is 58.6 Å². The summed E-state index contributed by atoms with van der Waals surface area (Å²) in [6.45, 7) is 3.13. The van der Waals surface area contributed by atoms with Crippen LogP contribution in [0, 0.1) is 5.82 Å². The van der Waals surface area contributed by atoms with E-state index in [1.165, 1.54) is 23.1 Å². The highest BCUT2D eigenvalue weighted by Gasteiger charge is 2.56. The number of benzene rings is 2. The number of alkyl halides is 3. The standard InChI is InChI=1S/C25H22F4N2O4/c1-2-20(32)30-15-6-7-16-17(12-15)21(23(34)35)24(9-3-4-10-24)31(22(16)33)13-14-5-8-18(19(26)11-14)25(27,28)29/h2,5-8,11-12,21H,1,3-4,9-10,13H2,(H,30,32)(H,34,35). The van der Waals surface area contributed by atoms with Crippen LogP contribution in [0.3, 0.4) is 0 Å². The third-order valence-electron chi connectivity index (χ3n) is 6.76. The van der Waals surface area contributed by atoms with Crippen molar-refractivity contribution in [1.29, 1.82) is 0 Å². The largest absolute Gasteiger partial charge is 0.481 e. The van der Waals surface area contributed by atoms with Crippen molar-refractivity contribution in [2.24, 2.45) is 0 Å². The Bertz CT molecular complexity index is 1220. The molecule has 1 unspecified atom stereocenters. The summed E-state index contributed by atoms with van der Waals surface area (Å²) in [5.41, 5.74) is -1.77. The fourth-order valence-corrected chi connectivity index (χ4v) is 5.27. The number of amides is 2. The second-order valence-electron chi connectivity index (χ2n) is 8.78. The van der Waals surface area contributed by atoms with Crippen molar-refractivity contribution in [1.82, 2.24) is 4.90 Å². The minimum atomic E-state index is -4.86. The quantitative estimate of drug-likeness (QED) is 0.451. The lowest BCUT2D eigenvalue weighted by atomic mass is 9.71. The molecule has 184 valence electrons. The first-order valence-corrected chi connectivity index (χ1v) is 11.0. The van der Waals surface area contributed by atoms with Gasteiger partial charge in [-0.15, -0.1) is 0 Å². The highest BCUT2D eigenvalue weighted by Crippen LogP contribution is 2.51. The molecule has 1 aliphatic carbocycles. The Kier molecular flexibility index (Phi) is 6.16. The van der Waals surface area contributed by atoms with Gasteiger partial charge in [-0.1, -0.05) is 25.5 Å². The molecule has 1 aliphatic heterocycles. The molecule has 2 aromatic rings. The van der Waals surface area contributed by atoms with Gasteiger partial charge in [0.05, 0.1) is 11.1 Å². The van der Waals surface area contributed by atoms with Gasteiger partial charge in [0.2, 0.25) is 5.91 Å². The molecule has 2 aromatic carbocycles. The van der Waals surface area contributed by atoms with E-state index in [2.05, 4.69) is 11.9 Å². The van der Waals surface area contributed by atoms with Gasteiger partial charge in [0.1, 0.15) is 11.7 Å². The lowest BCUT2D eigenvalue weighted by Crippen LogP contribution is -2.58. The van der Waals surface area contributed by atoms with Crippen LogP contribution in [-0.2, 0) is 22.3 Å². The summed E-state index contributed by atoms with van der Waals surface area (Å²) in [4.78, 5) is 39.3. The number of halogens is 4. The van der Waals surface area contributed by atoms with E-state index < -0.39 is 46.8 Å². The lowest BCUT2D eigenvalue weighted by molar-refractivity contribution is -0.143. The summed E-state index contributed by atoms with van der Waals surface area (Å²) >= 11 is 0. The van der Waals surface area contributed by atoms with Crippen LogP contribution < -0.4 is 5.32 Å². The molecule has 1 fully saturated rings. The maximum Gasteiger partial charge on any atom is 0.419 e. The Morgan fingerprint density at radius 2 is 1.86 bits per heavy atom. The van der Waals surface area contributed by atoms with Crippen LogP contribution in [-0.4, -0.2) is 33.3 Å². The van der Waals surface area contributed by atoms with Gasteiger partial charge in [0.15, 0.2) is 0 Å².